The number of carbonyl (C=O) groups is 3. The van der Waals surface area contributed by atoms with Crippen LogP contribution in [0.1, 0.15) is 28.8 Å². The average molecular weight is 352 g/mol. The Balaban J connectivity index is 1.77. The number of para-hydroxylation sites is 2. The number of benzene rings is 2. The van der Waals surface area contributed by atoms with Gasteiger partial charge in [-0.15, -0.1) is 0 Å². The molecule has 1 fully saturated rings. The van der Waals surface area contributed by atoms with E-state index in [1.807, 2.05) is 25.1 Å². The monoisotopic (exact) mass is 352 g/mol. The molecular weight excluding hydrogens is 332 g/mol. The number of esters is 1. The van der Waals surface area contributed by atoms with Crippen LogP contribution in [0.4, 0.5) is 11.4 Å². The fourth-order valence-electron chi connectivity index (χ4n) is 2.76. The van der Waals surface area contributed by atoms with Crippen molar-refractivity contribution in [3.05, 3.63) is 59.7 Å². The molecule has 26 heavy (non-hydrogen) atoms. The number of hydrogen-bond acceptors (Lipinski definition) is 4. The molecule has 0 radical (unpaired) electrons. The number of rotatable bonds is 5. The van der Waals surface area contributed by atoms with Crippen LogP contribution in [0.2, 0.25) is 0 Å². The molecule has 0 heterocycles. The SMILES string of the molecule is COC(=O)c1ccccc1NC(=O)C1(C(=O)Nc2ccccc2C)CC1. The second-order valence-corrected chi connectivity index (χ2v) is 6.34. The lowest BCUT2D eigenvalue weighted by molar-refractivity contribution is -0.131. The number of hydrogen-bond donors (Lipinski definition) is 2. The summed E-state index contributed by atoms with van der Waals surface area (Å²) in [4.78, 5) is 37.3. The van der Waals surface area contributed by atoms with Crippen LogP contribution in [0.5, 0.6) is 0 Å². The van der Waals surface area contributed by atoms with Crippen molar-refractivity contribution in [2.24, 2.45) is 5.41 Å². The average Bonchev–Trinajstić information content (AvgIpc) is 3.45. The molecule has 1 saturated carbocycles. The summed E-state index contributed by atoms with van der Waals surface area (Å²) >= 11 is 0. The van der Waals surface area contributed by atoms with E-state index < -0.39 is 17.3 Å². The van der Waals surface area contributed by atoms with Gasteiger partial charge >= 0.3 is 5.97 Å². The molecular formula is C20H20N2O4. The molecule has 134 valence electrons. The Morgan fingerprint density at radius 2 is 1.42 bits per heavy atom. The van der Waals surface area contributed by atoms with Gasteiger partial charge in [0.25, 0.3) is 0 Å². The minimum absolute atomic E-state index is 0.249. The maximum Gasteiger partial charge on any atom is 0.339 e. The van der Waals surface area contributed by atoms with Crippen LogP contribution < -0.4 is 10.6 Å². The van der Waals surface area contributed by atoms with Crippen molar-refractivity contribution in [2.45, 2.75) is 19.8 Å². The third-order valence-corrected chi connectivity index (χ3v) is 4.59. The summed E-state index contributed by atoms with van der Waals surface area (Å²) in [6.45, 7) is 1.89. The van der Waals surface area contributed by atoms with E-state index in [1.54, 1.807) is 30.3 Å². The van der Waals surface area contributed by atoms with E-state index in [1.165, 1.54) is 7.11 Å². The molecule has 2 aromatic rings. The van der Waals surface area contributed by atoms with Gasteiger partial charge < -0.3 is 15.4 Å². The van der Waals surface area contributed by atoms with Crippen molar-refractivity contribution < 1.29 is 19.1 Å². The van der Waals surface area contributed by atoms with Gasteiger partial charge in [-0.05, 0) is 43.5 Å². The minimum Gasteiger partial charge on any atom is -0.465 e. The largest absolute Gasteiger partial charge is 0.465 e. The minimum atomic E-state index is -1.11. The van der Waals surface area contributed by atoms with Crippen LogP contribution in [0.15, 0.2) is 48.5 Å². The molecule has 2 amide bonds. The van der Waals surface area contributed by atoms with Crippen molar-refractivity contribution in [1.82, 2.24) is 0 Å². The molecule has 6 nitrogen and oxygen atoms in total. The third-order valence-electron chi connectivity index (χ3n) is 4.59. The zero-order valence-electron chi connectivity index (χ0n) is 14.7. The summed E-state index contributed by atoms with van der Waals surface area (Å²) < 4.78 is 4.73. The molecule has 6 heteroatoms. The highest BCUT2D eigenvalue weighted by Crippen LogP contribution is 2.47. The van der Waals surface area contributed by atoms with E-state index in [2.05, 4.69) is 10.6 Å². The maximum atomic E-state index is 12.8. The molecule has 2 aromatic carbocycles. The van der Waals surface area contributed by atoms with Gasteiger partial charge in [0.05, 0.1) is 18.4 Å². The molecule has 0 bridgehead atoms. The number of anilines is 2. The van der Waals surface area contributed by atoms with Crippen LogP contribution in [0.25, 0.3) is 0 Å². The Labute approximate surface area is 151 Å². The van der Waals surface area contributed by atoms with Crippen LogP contribution in [-0.4, -0.2) is 24.9 Å². The first-order chi connectivity index (χ1) is 12.5. The van der Waals surface area contributed by atoms with Gasteiger partial charge in [0.1, 0.15) is 5.41 Å². The fraction of sp³-hybridized carbons (Fsp3) is 0.250. The lowest BCUT2D eigenvalue weighted by Gasteiger charge is -2.17. The molecule has 0 aromatic heterocycles. The fourth-order valence-corrected chi connectivity index (χ4v) is 2.76. The Morgan fingerprint density at radius 1 is 0.885 bits per heavy atom. The highest BCUT2D eigenvalue weighted by atomic mass is 16.5. The number of nitrogens with one attached hydrogen (secondary N) is 2. The van der Waals surface area contributed by atoms with Crippen LogP contribution in [-0.2, 0) is 14.3 Å². The van der Waals surface area contributed by atoms with Crippen molar-refractivity contribution >= 4 is 29.2 Å². The summed E-state index contributed by atoms with van der Waals surface area (Å²) in [5.74, 6) is -1.30. The molecule has 0 unspecified atom stereocenters. The number of ether oxygens (including phenoxy) is 1. The molecule has 2 N–H and O–H groups in total. The van der Waals surface area contributed by atoms with Gasteiger partial charge in [-0.3, -0.25) is 9.59 Å². The summed E-state index contributed by atoms with van der Waals surface area (Å²) in [6.07, 6.45) is 0.938. The van der Waals surface area contributed by atoms with Crippen LogP contribution in [0, 0.1) is 12.3 Å². The van der Waals surface area contributed by atoms with Crippen molar-refractivity contribution in [1.29, 1.82) is 0 Å². The molecule has 0 spiro atoms. The summed E-state index contributed by atoms with van der Waals surface area (Å²) in [5.41, 5.74) is 1.09. The highest BCUT2D eigenvalue weighted by molar-refractivity contribution is 6.17. The smallest absolute Gasteiger partial charge is 0.339 e. The zero-order valence-corrected chi connectivity index (χ0v) is 14.7. The van der Waals surface area contributed by atoms with Crippen molar-refractivity contribution in [2.75, 3.05) is 17.7 Å². The van der Waals surface area contributed by atoms with Crippen LogP contribution >= 0.6 is 0 Å². The lowest BCUT2D eigenvalue weighted by atomic mass is 10.0. The Morgan fingerprint density at radius 3 is 2.00 bits per heavy atom. The molecule has 0 aliphatic heterocycles. The number of amides is 2. The maximum absolute atomic E-state index is 12.8. The predicted octanol–water partition coefficient (Wildman–Crippen LogP) is 3.14. The number of methoxy groups -OCH3 is 1. The summed E-state index contributed by atoms with van der Waals surface area (Å²) in [5, 5.41) is 5.55. The van der Waals surface area contributed by atoms with E-state index in [-0.39, 0.29) is 11.5 Å². The Hall–Kier alpha value is -3.15. The first-order valence-corrected chi connectivity index (χ1v) is 8.34. The molecule has 1 aliphatic carbocycles. The Kier molecular flexibility index (Phi) is 4.75. The molecule has 3 rings (SSSR count). The van der Waals surface area contributed by atoms with Gasteiger partial charge in [-0.25, -0.2) is 4.79 Å². The van der Waals surface area contributed by atoms with E-state index in [4.69, 9.17) is 4.74 Å². The number of aryl methyl sites for hydroxylation is 1. The topological polar surface area (TPSA) is 84.5 Å². The molecule has 0 atom stereocenters. The molecule has 1 aliphatic rings. The lowest BCUT2D eigenvalue weighted by Crippen LogP contribution is -2.36. The first kappa shape index (κ1) is 17.7. The normalized spacial score (nSPS) is 14.2. The van der Waals surface area contributed by atoms with E-state index in [0.29, 0.717) is 24.2 Å². The zero-order chi connectivity index (χ0) is 18.7. The van der Waals surface area contributed by atoms with Crippen molar-refractivity contribution in [3.8, 4) is 0 Å². The van der Waals surface area contributed by atoms with Gasteiger partial charge in [0, 0.05) is 5.69 Å². The van der Waals surface area contributed by atoms with Crippen molar-refractivity contribution in [3.63, 3.8) is 0 Å². The van der Waals surface area contributed by atoms with Gasteiger partial charge in [0.2, 0.25) is 11.8 Å². The summed E-state index contributed by atoms with van der Waals surface area (Å²) in [7, 11) is 1.28. The van der Waals surface area contributed by atoms with E-state index >= 15 is 0 Å². The number of carbonyl (C=O) groups excluding carboxylic acids is 3. The molecule has 0 saturated heterocycles. The van der Waals surface area contributed by atoms with Gasteiger partial charge in [-0.1, -0.05) is 30.3 Å². The first-order valence-electron chi connectivity index (χ1n) is 8.34. The van der Waals surface area contributed by atoms with E-state index in [0.717, 1.165) is 5.56 Å². The van der Waals surface area contributed by atoms with Gasteiger partial charge in [0.15, 0.2) is 0 Å². The highest BCUT2D eigenvalue weighted by Gasteiger charge is 2.56. The Bertz CT molecular complexity index is 872. The van der Waals surface area contributed by atoms with E-state index in [9.17, 15) is 14.4 Å². The quantitative estimate of drug-likeness (QED) is 0.639. The van der Waals surface area contributed by atoms with Gasteiger partial charge in [-0.2, -0.15) is 0 Å². The van der Waals surface area contributed by atoms with Crippen LogP contribution in [0.3, 0.4) is 0 Å². The standard InChI is InChI=1S/C20H20N2O4/c1-13-7-3-5-9-15(13)21-18(24)20(11-12-20)19(25)22-16-10-6-4-8-14(16)17(23)26-2/h3-10H,11-12H2,1-2H3,(H,21,24)(H,22,25). The third kappa shape index (κ3) is 3.31. The summed E-state index contributed by atoms with van der Waals surface area (Å²) in [6, 6.07) is 14.0. The second-order valence-electron chi connectivity index (χ2n) is 6.34. The predicted molar refractivity (Wildman–Crippen MR) is 97.9 cm³/mol. The second kappa shape index (κ2) is 7.00.